The lowest BCUT2D eigenvalue weighted by Gasteiger charge is -2.14. The van der Waals surface area contributed by atoms with Crippen LogP contribution in [-0.2, 0) is 0 Å². The first-order valence-electron chi connectivity index (χ1n) is 6.98. The number of rotatable bonds is 3. The van der Waals surface area contributed by atoms with Crippen LogP contribution in [0.3, 0.4) is 0 Å². The molecule has 0 atom stereocenters. The molecule has 3 rings (SSSR count). The maximum atomic E-state index is 5.73. The Kier molecular flexibility index (Phi) is 3.70. The zero-order chi connectivity index (χ0) is 15.5. The Bertz CT molecular complexity index is 784. The maximum Gasteiger partial charge on any atom is 0.240 e. The summed E-state index contributed by atoms with van der Waals surface area (Å²) in [5.41, 5.74) is 10.2. The Hall–Kier alpha value is -2.95. The third kappa shape index (κ3) is 2.74. The number of hydrogen-bond acceptors (Lipinski definition) is 5. The Balaban J connectivity index is 2.17. The topological polar surface area (TPSA) is 67.9 Å². The van der Waals surface area contributed by atoms with Crippen LogP contribution in [0.15, 0.2) is 54.6 Å². The largest absolute Gasteiger partial charge is 0.378 e. The Morgan fingerprint density at radius 3 is 2.27 bits per heavy atom. The minimum atomic E-state index is 0.173. The summed E-state index contributed by atoms with van der Waals surface area (Å²) in [7, 11) is 4.01. The first-order chi connectivity index (χ1) is 10.6. The molecule has 0 amide bonds. The SMILES string of the molecule is CN(C)c1cccc(-c2nnc(N)nc2-c2ccccc2)c1. The summed E-state index contributed by atoms with van der Waals surface area (Å²) in [6, 6.07) is 18.0. The van der Waals surface area contributed by atoms with Crippen molar-refractivity contribution in [2.75, 3.05) is 24.7 Å². The Labute approximate surface area is 129 Å². The van der Waals surface area contributed by atoms with Crippen LogP contribution >= 0.6 is 0 Å². The highest BCUT2D eigenvalue weighted by Crippen LogP contribution is 2.30. The minimum absolute atomic E-state index is 0.173. The Morgan fingerprint density at radius 2 is 1.55 bits per heavy atom. The van der Waals surface area contributed by atoms with Gasteiger partial charge in [0.15, 0.2) is 0 Å². The number of aromatic nitrogens is 3. The van der Waals surface area contributed by atoms with Crippen molar-refractivity contribution < 1.29 is 0 Å². The van der Waals surface area contributed by atoms with E-state index in [1.807, 2.05) is 67.5 Å². The zero-order valence-electron chi connectivity index (χ0n) is 12.6. The van der Waals surface area contributed by atoms with Crippen LogP contribution in [0.25, 0.3) is 22.5 Å². The van der Waals surface area contributed by atoms with Crippen molar-refractivity contribution >= 4 is 11.6 Å². The molecule has 1 aromatic heterocycles. The summed E-state index contributed by atoms with van der Waals surface area (Å²) in [5, 5.41) is 8.19. The lowest BCUT2D eigenvalue weighted by molar-refractivity contribution is 0.997. The van der Waals surface area contributed by atoms with Gasteiger partial charge in [-0.3, -0.25) is 0 Å². The molecule has 0 bridgehead atoms. The molecule has 0 saturated carbocycles. The van der Waals surface area contributed by atoms with E-state index in [2.05, 4.69) is 21.2 Å². The van der Waals surface area contributed by atoms with Gasteiger partial charge in [0.25, 0.3) is 0 Å². The number of anilines is 2. The smallest absolute Gasteiger partial charge is 0.240 e. The molecule has 110 valence electrons. The number of nitrogens with two attached hydrogens (primary N) is 1. The molecule has 0 unspecified atom stereocenters. The Morgan fingerprint density at radius 1 is 0.818 bits per heavy atom. The van der Waals surface area contributed by atoms with E-state index in [4.69, 9.17) is 5.73 Å². The van der Waals surface area contributed by atoms with Crippen molar-refractivity contribution in [3.05, 3.63) is 54.6 Å². The fourth-order valence-electron chi connectivity index (χ4n) is 2.26. The van der Waals surface area contributed by atoms with E-state index in [0.29, 0.717) is 0 Å². The summed E-state index contributed by atoms with van der Waals surface area (Å²) in [5.74, 6) is 0.173. The molecule has 2 aromatic carbocycles. The van der Waals surface area contributed by atoms with Crippen molar-refractivity contribution in [3.8, 4) is 22.5 Å². The van der Waals surface area contributed by atoms with Crippen molar-refractivity contribution in [1.29, 1.82) is 0 Å². The standard InChI is InChI=1S/C17H17N5/c1-22(2)14-10-6-9-13(11-14)16-15(19-17(18)21-20-16)12-7-4-3-5-8-12/h3-11H,1-2H3,(H2,18,19,21). The van der Waals surface area contributed by atoms with E-state index < -0.39 is 0 Å². The van der Waals surface area contributed by atoms with Gasteiger partial charge in [0.2, 0.25) is 5.95 Å². The summed E-state index contributed by atoms with van der Waals surface area (Å²) < 4.78 is 0. The molecule has 0 aliphatic carbocycles. The molecule has 1 heterocycles. The van der Waals surface area contributed by atoms with E-state index in [1.54, 1.807) is 0 Å². The van der Waals surface area contributed by atoms with Gasteiger partial charge in [0.1, 0.15) is 11.4 Å². The molecular formula is C17H17N5. The molecule has 0 saturated heterocycles. The van der Waals surface area contributed by atoms with Gasteiger partial charge in [-0.25, -0.2) is 4.98 Å². The molecule has 3 aromatic rings. The lowest BCUT2D eigenvalue weighted by atomic mass is 10.0. The molecule has 0 fully saturated rings. The summed E-state index contributed by atoms with van der Waals surface area (Å²) in [6.07, 6.45) is 0. The van der Waals surface area contributed by atoms with Crippen LogP contribution < -0.4 is 10.6 Å². The van der Waals surface area contributed by atoms with Gasteiger partial charge in [0.05, 0.1) is 0 Å². The second-order valence-corrected chi connectivity index (χ2v) is 5.18. The first-order valence-corrected chi connectivity index (χ1v) is 6.98. The zero-order valence-corrected chi connectivity index (χ0v) is 12.6. The third-order valence-corrected chi connectivity index (χ3v) is 3.39. The van der Waals surface area contributed by atoms with E-state index in [9.17, 15) is 0 Å². The van der Waals surface area contributed by atoms with E-state index >= 15 is 0 Å². The molecule has 0 radical (unpaired) electrons. The van der Waals surface area contributed by atoms with Gasteiger partial charge in [-0.15, -0.1) is 10.2 Å². The number of nitrogens with zero attached hydrogens (tertiary/aromatic N) is 4. The maximum absolute atomic E-state index is 5.73. The van der Waals surface area contributed by atoms with Crippen LogP contribution in [0.4, 0.5) is 11.6 Å². The molecule has 5 nitrogen and oxygen atoms in total. The highest BCUT2D eigenvalue weighted by Gasteiger charge is 2.13. The molecule has 2 N–H and O–H groups in total. The monoisotopic (exact) mass is 291 g/mol. The van der Waals surface area contributed by atoms with Crippen LogP contribution in [0.1, 0.15) is 0 Å². The van der Waals surface area contributed by atoms with Crippen LogP contribution in [0.2, 0.25) is 0 Å². The van der Waals surface area contributed by atoms with E-state index in [-0.39, 0.29) is 5.95 Å². The summed E-state index contributed by atoms with van der Waals surface area (Å²) >= 11 is 0. The predicted octanol–water partition coefficient (Wildman–Crippen LogP) is 2.85. The van der Waals surface area contributed by atoms with Crippen LogP contribution in [-0.4, -0.2) is 29.3 Å². The predicted molar refractivity (Wildman–Crippen MR) is 89.4 cm³/mol. The summed E-state index contributed by atoms with van der Waals surface area (Å²) in [6.45, 7) is 0. The van der Waals surface area contributed by atoms with Crippen molar-refractivity contribution in [3.63, 3.8) is 0 Å². The molecular weight excluding hydrogens is 274 g/mol. The average molecular weight is 291 g/mol. The molecule has 5 heteroatoms. The van der Waals surface area contributed by atoms with E-state index in [0.717, 1.165) is 28.2 Å². The van der Waals surface area contributed by atoms with E-state index in [1.165, 1.54) is 0 Å². The van der Waals surface area contributed by atoms with Crippen molar-refractivity contribution in [2.45, 2.75) is 0 Å². The normalized spacial score (nSPS) is 10.5. The minimum Gasteiger partial charge on any atom is -0.378 e. The van der Waals surface area contributed by atoms with Gasteiger partial charge in [-0.05, 0) is 12.1 Å². The van der Waals surface area contributed by atoms with Crippen molar-refractivity contribution in [1.82, 2.24) is 15.2 Å². The molecule has 0 aliphatic rings. The lowest BCUT2D eigenvalue weighted by Crippen LogP contribution is -2.08. The van der Waals surface area contributed by atoms with Gasteiger partial charge < -0.3 is 10.6 Å². The average Bonchev–Trinajstić information content (AvgIpc) is 2.55. The fraction of sp³-hybridized carbons (Fsp3) is 0.118. The van der Waals surface area contributed by atoms with Gasteiger partial charge in [-0.1, -0.05) is 42.5 Å². The van der Waals surface area contributed by atoms with Crippen LogP contribution in [0, 0.1) is 0 Å². The number of hydrogen-bond donors (Lipinski definition) is 1. The van der Waals surface area contributed by atoms with Gasteiger partial charge in [0, 0.05) is 30.9 Å². The van der Waals surface area contributed by atoms with Crippen LogP contribution in [0.5, 0.6) is 0 Å². The highest BCUT2D eigenvalue weighted by molar-refractivity contribution is 5.79. The summed E-state index contributed by atoms with van der Waals surface area (Å²) in [4.78, 5) is 6.43. The fourth-order valence-corrected chi connectivity index (χ4v) is 2.26. The first kappa shape index (κ1) is 14.0. The van der Waals surface area contributed by atoms with Gasteiger partial charge >= 0.3 is 0 Å². The van der Waals surface area contributed by atoms with Gasteiger partial charge in [-0.2, -0.15) is 0 Å². The third-order valence-electron chi connectivity index (χ3n) is 3.39. The molecule has 0 aliphatic heterocycles. The molecule has 22 heavy (non-hydrogen) atoms. The second kappa shape index (κ2) is 5.81. The quantitative estimate of drug-likeness (QED) is 0.803. The van der Waals surface area contributed by atoms with Crippen molar-refractivity contribution in [2.24, 2.45) is 0 Å². The molecule has 0 spiro atoms. The second-order valence-electron chi connectivity index (χ2n) is 5.18. The number of nitrogen functional groups attached to an aromatic ring is 1. The number of benzene rings is 2. The highest BCUT2D eigenvalue weighted by atomic mass is 15.2.